The molecule has 0 radical (unpaired) electrons. The molecule has 22 heavy (non-hydrogen) atoms. The minimum atomic E-state index is -3.62. The number of non-ortho nitro benzene ring substituents is 1. The van der Waals surface area contributed by atoms with Crippen LogP contribution in [-0.2, 0) is 10.0 Å². The van der Waals surface area contributed by atoms with Crippen molar-refractivity contribution in [3.8, 4) is 0 Å². The van der Waals surface area contributed by atoms with E-state index in [0.717, 1.165) is 19.4 Å². The van der Waals surface area contributed by atoms with Crippen LogP contribution < -0.4 is 15.8 Å². The Morgan fingerprint density at radius 2 is 1.68 bits per heavy atom. The fourth-order valence-electron chi connectivity index (χ4n) is 1.77. The zero-order chi connectivity index (χ0) is 16.4. The summed E-state index contributed by atoms with van der Waals surface area (Å²) in [6, 6.07) is 4.80. The van der Waals surface area contributed by atoms with Crippen LogP contribution in [0.2, 0.25) is 0 Å². The number of nitro groups is 1. The Kier molecular flexibility index (Phi) is 7.96. The number of unbranched alkanes of at least 4 members (excludes halogenated alkanes) is 1. The lowest BCUT2D eigenvalue weighted by Crippen LogP contribution is -2.27. The standard InChI is InChI=1S/C13H22N4O4S/c14-8-1-2-9-15-10-3-11-16-22(20,21)13-6-4-12(5-7-13)17(18)19/h4-7,15-16H,1-3,8-11,14H2. The first-order valence-electron chi connectivity index (χ1n) is 7.12. The van der Waals surface area contributed by atoms with Crippen molar-refractivity contribution >= 4 is 15.7 Å². The second-order valence-electron chi connectivity index (χ2n) is 4.75. The van der Waals surface area contributed by atoms with Gasteiger partial charge >= 0.3 is 0 Å². The number of sulfonamides is 1. The lowest BCUT2D eigenvalue weighted by Gasteiger charge is -2.07. The van der Waals surface area contributed by atoms with Gasteiger partial charge in [0.05, 0.1) is 9.82 Å². The number of benzene rings is 1. The van der Waals surface area contributed by atoms with E-state index in [9.17, 15) is 18.5 Å². The monoisotopic (exact) mass is 330 g/mol. The number of nitrogens with zero attached hydrogens (tertiary/aromatic N) is 1. The zero-order valence-corrected chi connectivity index (χ0v) is 13.1. The summed E-state index contributed by atoms with van der Waals surface area (Å²) in [5, 5.41) is 13.7. The number of hydrogen-bond acceptors (Lipinski definition) is 6. The highest BCUT2D eigenvalue weighted by Gasteiger charge is 2.14. The predicted octanol–water partition coefficient (Wildman–Crippen LogP) is 0.592. The van der Waals surface area contributed by atoms with Crippen molar-refractivity contribution in [2.24, 2.45) is 5.73 Å². The highest BCUT2D eigenvalue weighted by atomic mass is 32.2. The molecule has 1 rings (SSSR count). The summed E-state index contributed by atoms with van der Waals surface area (Å²) in [7, 11) is -3.62. The van der Waals surface area contributed by atoms with Gasteiger partial charge in [0.2, 0.25) is 10.0 Å². The van der Waals surface area contributed by atoms with E-state index in [1.54, 1.807) is 0 Å². The first kappa shape index (κ1) is 18.5. The molecule has 0 atom stereocenters. The molecule has 0 fully saturated rings. The van der Waals surface area contributed by atoms with Crippen LogP contribution >= 0.6 is 0 Å². The van der Waals surface area contributed by atoms with Gasteiger partial charge in [0, 0.05) is 18.7 Å². The van der Waals surface area contributed by atoms with Gasteiger partial charge in [-0.05, 0) is 51.0 Å². The topological polar surface area (TPSA) is 127 Å². The van der Waals surface area contributed by atoms with Crippen molar-refractivity contribution in [3.63, 3.8) is 0 Å². The van der Waals surface area contributed by atoms with Crippen molar-refractivity contribution in [2.45, 2.75) is 24.2 Å². The molecule has 9 heteroatoms. The summed E-state index contributed by atoms with van der Waals surface area (Å²) in [6.07, 6.45) is 2.64. The van der Waals surface area contributed by atoms with Crippen molar-refractivity contribution in [1.82, 2.24) is 10.0 Å². The van der Waals surface area contributed by atoms with Crippen LogP contribution in [0.4, 0.5) is 5.69 Å². The van der Waals surface area contributed by atoms with Crippen LogP contribution in [-0.4, -0.2) is 39.5 Å². The first-order valence-corrected chi connectivity index (χ1v) is 8.60. The summed E-state index contributed by atoms with van der Waals surface area (Å²) in [6.45, 7) is 2.57. The molecule has 0 heterocycles. The lowest BCUT2D eigenvalue weighted by molar-refractivity contribution is -0.384. The van der Waals surface area contributed by atoms with Crippen molar-refractivity contribution < 1.29 is 13.3 Å². The van der Waals surface area contributed by atoms with Crippen molar-refractivity contribution in [1.29, 1.82) is 0 Å². The molecule has 0 saturated carbocycles. The van der Waals surface area contributed by atoms with Gasteiger partial charge in [0.1, 0.15) is 0 Å². The highest BCUT2D eigenvalue weighted by Crippen LogP contribution is 2.15. The molecule has 4 N–H and O–H groups in total. The fraction of sp³-hybridized carbons (Fsp3) is 0.538. The van der Waals surface area contributed by atoms with Gasteiger partial charge in [-0.15, -0.1) is 0 Å². The Labute approximate surface area is 130 Å². The molecule has 8 nitrogen and oxygen atoms in total. The number of nitrogens with one attached hydrogen (secondary N) is 2. The van der Waals surface area contributed by atoms with Crippen LogP contribution in [0, 0.1) is 10.1 Å². The van der Waals surface area contributed by atoms with E-state index in [2.05, 4.69) is 10.0 Å². The average molecular weight is 330 g/mol. The molecule has 0 aliphatic carbocycles. The Morgan fingerprint density at radius 1 is 1.05 bits per heavy atom. The third kappa shape index (κ3) is 6.48. The Morgan fingerprint density at radius 3 is 2.27 bits per heavy atom. The smallest absolute Gasteiger partial charge is 0.269 e. The fourth-order valence-corrected chi connectivity index (χ4v) is 2.84. The highest BCUT2D eigenvalue weighted by molar-refractivity contribution is 7.89. The molecule has 0 amide bonds. The molecule has 124 valence electrons. The Hall–Kier alpha value is -1.55. The van der Waals surface area contributed by atoms with E-state index in [4.69, 9.17) is 5.73 Å². The number of nitro benzene ring substituents is 1. The third-order valence-corrected chi connectivity index (χ3v) is 4.46. The summed E-state index contributed by atoms with van der Waals surface area (Å²) < 4.78 is 26.4. The third-order valence-electron chi connectivity index (χ3n) is 2.99. The molecule has 0 bridgehead atoms. The van der Waals surface area contributed by atoms with Gasteiger partial charge in [0.25, 0.3) is 5.69 Å². The summed E-state index contributed by atoms with van der Waals surface area (Å²) >= 11 is 0. The Bertz CT molecular complexity index is 560. The van der Waals surface area contributed by atoms with Gasteiger partial charge in [-0.1, -0.05) is 0 Å². The predicted molar refractivity (Wildman–Crippen MR) is 84.1 cm³/mol. The molecule has 0 aliphatic rings. The molecule has 1 aromatic rings. The molecule has 0 spiro atoms. The molecule has 0 aliphatic heterocycles. The molecule has 0 unspecified atom stereocenters. The van der Waals surface area contributed by atoms with Crippen LogP contribution in [0.5, 0.6) is 0 Å². The van der Waals surface area contributed by atoms with Crippen LogP contribution in [0.25, 0.3) is 0 Å². The van der Waals surface area contributed by atoms with Crippen molar-refractivity contribution in [3.05, 3.63) is 34.4 Å². The molecular weight excluding hydrogens is 308 g/mol. The lowest BCUT2D eigenvalue weighted by atomic mass is 10.3. The van der Waals surface area contributed by atoms with Gasteiger partial charge in [-0.2, -0.15) is 0 Å². The van der Waals surface area contributed by atoms with Crippen LogP contribution in [0.1, 0.15) is 19.3 Å². The van der Waals surface area contributed by atoms with Gasteiger partial charge in [-0.25, -0.2) is 13.1 Å². The minimum absolute atomic E-state index is 0.0222. The molecular formula is C13H22N4O4S. The van der Waals surface area contributed by atoms with E-state index >= 15 is 0 Å². The zero-order valence-electron chi connectivity index (χ0n) is 12.3. The molecule has 0 aromatic heterocycles. The second kappa shape index (κ2) is 9.46. The minimum Gasteiger partial charge on any atom is -0.330 e. The second-order valence-corrected chi connectivity index (χ2v) is 6.52. The average Bonchev–Trinajstić information content (AvgIpc) is 2.50. The number of rotatable bonds is 11. The molecule has 1 aromatic carbocycles. The van der Waals surface area contributed by atoms with E-state index in [1.165, 1.54) is 24.3 Å². The Balaban J connectivity index is 2.33. The van der Waals surface area contributed by atoms with Gasteiger partial charge < -0.3 is 11.1 Å². The maximum absolute atomic E-state index is 12.0. The normalized spacial score (nSPS) is 11.5. The van der Waals surface area contributed by atoms with Gasteiger partial charge in [-0.3, -0.25) is 10.1 Å². The summed E-state index contributed by atoms with van der Waals surface area (Å²) in [4.78, 5) is 9.98. The van der Waals surface area contributed by atoms with E-state index in [0.29, 0.717) is 26.1 Å². The number of hydrogen-bond donors (Lipinski definition) is 3. The van der Waals surface area contributed by atoms with E-state index in [-0.39, 0.29) is 10.6 Å². The molecule has 0 saturated heterocycles. The van der Waals surface area contributed by atoms with Crippen LogP contribution in [0.3, 0.4) is 0 Å². The first-order chi connectivity index (χ1) is 10.5. The summed E-state index contributed by atoms with van der Waals surface area (Å²) in [5.74, 6) is 0. The van der Waals surface area contributed by atoms with Gasteiger partial charge in [0.15, 0.2) is 0 Å². The quantitative estimate of drug-likeness (QED) is 0.309. The summed E-state index contributed by atoms with van der Waals surface area (Å²) in [5.41, 5.74) is 5.24. The maximum Gasteiger partial charge on any atom is 0.269 e. The van der Waals surface area contributed by atoms with E-state index < -0.39 is 14.9 Å². The SMILES string of the molecule is NCCCCNCCCNS(=O)(=O)c1ccc([N+](=O)[O-])cc1. The maximum atomic E-state index is 12.0. The van der Waals surface area contributed by atoms with Crippen molar-refractivity contribution in [2.75, 3.05) is 26.2 Å². The number of nitrogens with two attached hydrogens (primary N) is 1. The van der Waals surface area contributed by atoms with Crippen LogP contribution in [0.15, 0.2) is 29.2 Å². The van der Waals surface area contributed by atoms with E-state index in [1.807, 2.05) is 0 Å². The largest absolute Gasteiger partial charge is 0.330 e.